The maximum absolute atomic E-state index is 11.6. The zero-order valence-corrected chi connectivity index (χ0v) is 10.9. The molecule has 6 heteroatoms. The normalized spacial score (nSPS) is 17.5. The van der Waals surface area contributed by atoms with Gasteiger partial charge in [0, 0.05) is 12.0 Å². The summed E-state index contributed by atoms with van der Waals surface area (Å²) in [6.07, 6.45) is 2.55. The first-order valence-corrected chi connectivity index (χ1v) is 6.29. The highest BCUT2D eigenvalue weighted by Crippen LogP contribution is 2.14. The molecule has 2 N–H and O–H groups in total. The van der Waals surface area contributed by atoms with Crippen molar-refractivity contribution in [1.29, 1.82) is 0 Å². The minimum atomic E-state index is -0.460. The van der Waals surface area contributed by atoms with Crippen LogP contribution in [0, 0.1) is 5.92 Å². The molecule has 1 saturated heterocycles. The van der Waals surface area contributed by atoms with Crippen molar-refractivity contribution in [1.82, 2.24) is 15.5 Å². The molecular formula is C12H21N3O3. The van der Waals surface area contributed by atoms with Crippen LogP contribution in [-0.4, -0.2) is 48.8 Å². The maximum atomic E-state index is 11.6. The quantitative estimate of drug-likeness (QED) is 0.700. The van der Waals surface area contributed by atoms with Crippen molar-refractivity contribution in [2.24, 2.45) is 5.92 Å². The molecule has 1 rings (SSSR count). The Labute approximate surface area is 107 Å². The topological polar surface area (TPSA) is 78.5 Å². The number of carbonyl (C=O) groups excluding carboxylic acids is 3. The second-order valence-electron chi connectivity index (χ2n) is 4.93. The van der Waals surface area contributed by atoms with E-state index in [1.165, 1.54) is 0 Å². The van der Waals surface area contributed by atoms with Gasteiger partial charge in [-0.05, 0) is 39.8 Å². The van der Waals surface area contributed by atoms with Crippen molar-refractivity contribution in [3.63, 3.8) is 0 Å². The first kappa shape index (κ1) is 14.6. The van der Waals surface area contributed by atoms with Crippen LogP contribution in [0.5, 0.6) is 0 Å². The highest BCUT2D eigenvalue weighted by atomic mass is 16.2. The molecule has 1 fully saturated rings. The van der Waals surface area contributed by atoms with Crippen molar-refractivity contribution in [2.75, 3.05) is 19.6 Å². The van der Waals surface area contributed by atoms with Crippen LogP contribution >= 0.6 is 0 Å². The molecule has 1 heterocycles. The largest absolute Gasteiger partial charge is 0.336 e. The van der Waals surface area contributed by atoms with Gasteiger partial charge in [-0.2, -0.15) is 0 Å². The summed E-state index contributed by atoms with van der Waals surface area (Å²) in [5, 5.41) is 4.87. The molecule has 102 valence electrons. The van der Waals surface area contributed by atoms with E-state index in [4.69, 9.17) is 0 Å². The molecule has 0 atom stereocenters. The van der Waals surface area contributed by atoms with Gasteiger partial charge < -0.3 is 10.1 Å². The predicted octanol–water partition coefficient (Wildman–Crippen LogP) is 0.132. The minimum absolute atomic E-state index is 0.00105. The van der Waals surface area contributed by atoms with Gasteiger partial charge in [-0.25, -0.2) is 4.79 Å². The Morgan fingerprint density at radius 1 is 1.33 bits per heavy atom. The van der Waals surface area contributed by atoms with Gasteiger partial charge in [-0.3, -0.25) is 15.0 Å². The van der Waals surface area contributed by atoms with Crippen LogP contribution in [0.2, 0.25) is 0 Å². The summed E-state index contributed by atoms with van der Waals surface area (Å²) in [5.74, 6) is -0.189. The summed E-state index contributed by atoms with van der Waals surface area (Å²) in [5.41, 5.74) is 0. The van der Waals surface area contributed by atoms with Crippen molar-refractivity contribution in [2.45, 2.75) is 32.7 Å². The van der Waals surface area contributed by atoms with Crippen LogP contribution in [0.25, 0.3) is 0 Å². The number of nitrogens with one attached hydrogen (secondary N) is 2. The molecule has 6 nitrogen and oxygen atoms in total. The summed E-state index contributed by atoms with van der Waals surface area (Å²) in [6, 6.07) is -0.459. The average molecular weight is 255 g/mol. The van der Waals surface area contributed by atoms with Gasteiger partial charge in [0.2, 0.25) is 5.91 Å². The molecule has 0 aliphatic carbocycles. The number of urea groups is 1. The third kappa shape index (κ3) is 5.27. The zero-order valence-electron chi connectivity index (χ0n) is 10.9. The van der Waals surface area contributed by atoms with E-state index >= 15 is 0 Å². The summed E-state index contributed by atoms with van der Waals surface area (Å²) < 4.78 is 0. The first-order chi connectivity index (χ1) is 8.51. The predicted molar refractivity (Wildman–Crippen MR) is 67.0 cm³/mol. The SMILES string of the molecule is CC(C)NC(=O)NC(=O)CN1CCC(C=O)CC1. The molecule has 1 aliphatic rings. The maximum Gasteiger partial charge on any atom is 0.321 e. The van der Waals surface area contributed by atoms with E-state index in [9.17, 15) is 14.4 Å². The lowest BCUT2D eigenvalue weighted by molar-refractivity contribution is -0.121. The number of likely N-dealkylation sites (tertiary alicyclic amines) is 1. The van der Waals surface area contributed by atoms with E-state index in [0.717, 1.165) is 32.2 Å². The van der Waals surface area contributed by atoms with Crippen molar-refractivity contribution in [3.8, 4) is 0 Å². The van der Waals surface area contributed by atoms with Crippen molar-refractivity contribution >= 4 is 18.2 Å². The van der Waals surface area contributed by atoms with E-state index < -0.39 is 6.03 Å². The molecule has 0 aromatic carbocycles. The number of carbonyl (C=O) groups is 3. The summed E-state index contributed by atoms with van der Waals surface area (Å²) in [7, 11) is 0. The van der Waals surface area contributed by atoms with Crippen molar-refractivity contribution in [3.05, 3.63) is 0 Å². The van der Waals surface area contributed by atoms with Crippen LogP contribution in [0.3, 0.4) is 0 Å². The number of aldehydes is 1. The molecule has 1 aliphatic heterocycles. The first-order valence-electron chi connectivity index (χ1n) is 6.29. The molecule has 0 spiro atoms. The zero-order chi connectivity index (χ0) is 13.5. The number of imide groups is 1. The van der Waals surface area contributed by atoms with Gasteiger partial charge in [0.25, 0.3) is 0 Å². The molecule has 0 unspecified atom stereocenters. The van der Waals surface area contributed by atoms with E-state index in [1.54, 1.807) is 0 Å². The highest BCUT2D eigenvalue weighted by Gasteiger charge is 2.20. The Kier molecular flexibility index (Phi) is 5.77. The smallest absolute Gasteiger partial charge is 0.321 e. The second kappa shape index (κ2) is 7.10. The van der Waals surface area contributed by atoms with Gasteiger partial charge >= 0.3 is 6.03 Å². The number of piperidine rings is 1. The Hall–Kier alpha value is -1.43. The lowest BCUT2D eigenvalue weighted by Crippen LogP contribution is -2.47. The fourth-order valence-corrected chi connectivity index (χ4v) is 1.91. The third-order valence-electron chi connectivity index (χ3n) is 2.86. The number of nitrogens with zero attached hydrogens (tertiary/aromatic N) is 1. The van der Waals surface area contributed by atoms with E-state index in [0.29, 0.717) is 0 Å². The second-order valence-corrected chi connectivity index (χ2v) is 4.93. The fourth-order valence-electron chi connectivity index (χ4n) is 1.91. The van der Waals surface area contributed by atoms with Gasteiger partial charge in [-0.15, -0.1) is 0 Å². The Morgan fingerprint density at radius 3 is 2.44 bits per heavy atom. The Bertz CT molecular complexity index is 310. The molecule has 18 heavy (non-hydrogen) atoms. The van der Waals surface area contributed by atoms with Crippen molar-refractivity contribution < 1.29 is 14.4 Å². The van der Waals surface area contributed by atoms with E-state index in [1.807, 2.05) is 18.7 Å². The summed E-state index contributed by atoms with van der Waals surface area (Å²) in [4.78, 5) is 35.4. The lowest BCUT2D eigenvalue weighted by atomic mass is 9.99. The third-order valence-corrected chi connectivity index (χ3v) is 2.86. The fraction of sp³-hybridized carbons (Fsp3) is 0.750. The number of rotatable bonds is 4. The number of hydrogen-bond donors (Lipinski definition) is 2. The summed E-state index contributed by atoms with van der Waals surface area (Å²) in [6.45, 7) is 5.31. The number of hydrogen-bond acceptors (Lipinski definition) is 4. The molecule has 0 saturated carbocycles. The van der Waals surface area contributed by atoms with Gasteiger partial charge in [0.15, 0.2) is 0 Å². The van der Waals surface area contributed by atoms with Crippen LogP contribution in [-0.2, 0) is 9.59 Å². The molecule has 0 aromatic rings. The van der Waals surface area contributed by atoms with Crippen LogP contribution in [0.4, 0.5) is 4.79 Å². The summed E-state index contributed by atoms with van der Waals surface area (Å²) >= 11 is 0. The van der Waals surface area contributed by atoms with Crippen LogP contribution in [0.15, 0.2) is 0 Å². The minimum Gasteiger partial charge on any atom is -0.336 e. The Balaban J connectivity index is 2.24. The molecular weight excluding hydrogens is 234 g/mol. The highest BCUT2D eigenvalue weighted by molar-refractivity contribution is 5.95. The Morgan fingerprint density at radius 2 is 1.94 bits per heavy atom. The van der Waals surface area contributed by atoms with Gasteiger partial charge in [-0.1, -0.05) is 0 Å². The molecule has 0 bridgehead atoms. The van der Waals surface area contributed by atoms with Crippen LogP contribution in [0.1, 0.15) is 26.7 Å². The van der Waals surface area contributed by atoms with Crippen LogP contribution < -0.4 is 10.6 Å². The molecule has 0 aromatic heterocycles. The van der Waals surface area contributed by atoms with Gasteiger partial charge in [0.1, 0.15) is 6.29 Å². The lowest BCUT2D eigenvalue weighted by Gasteiger charge is -2.28. The monoisotopic (exact) mass is 255 g/mol. The molecule has 0 radical (unpaired) electrons. The van der Waals surface area contributed by atoms with E-state index in [2.05, 4.69) is 10.6 Å². The number of amides is 3. The van der Waals surface area contributed by atoms with Gasteiger partial charge in [0.05, 0.1) is 6.54 Å². The standard InChI is InChI=1S/C12H21N3O3/c1-9(2)13-12(18)14-11(17)7-15-5-3-10(8-16)4-6-15/h8-10H,3-7H2,1-2H3,(H2,13,14,17,18). The van der Waals surface area contributed by atoms with E-state index in [-0.39, 0.29) is 24.4 Å². The average Bonchev–Trinajstić information content (AvgIpc) is 2.28. The molecule has 3 amide bonds.